The number of para-hydroxylation sites is 2. The Bertz CT molecular complexity index is 846. The minimum atomic E-state index is -0.300. The van der Waals surface area contributed by atoms with Crippen LogP contribution in [0.2, 0.25) is 0 Å². The van der Waals surface area contributed by atoms with Crippen molar-refractivity contribution in [3.05, 3.63) is 65.7 Å². The third-order valence-electron chi connectivity index (χ3n) is 5.35. The van der Waals surface area contributed by atoms with Gasteiger partial charge >= 0.3 is 0 Å². The average molecular weight is 348 g/mol. The van der Waals surface area contributed by atoms with E-state index in [9.17, 15) is 4.79 Å². The topological polar surface area (TPSA) is 41.6 Å². The molecule has 2 aromatic carbocycles. The minimum Gasteiger partial charge on any atom is -0.483 e. The number of likely N-dealkylation sites (tertiary alicyclic amines) is 1. The van der Waals surface area contributed by atoms with Gasteiger partial charge in [-0.15, -0.1) is 0 Å². The summed E-state index contributed by atoms with van der Waals surface area (Å²) in [6.07, 6.45) is 7.01. The zero-order chi connectivity index (χ0) is 18.0. The monoisotopic (exact) mass is 348 g/mol. The van der Waals surface area contributed by atoms with Crippen molar-refractivity contribution in [2.75, 3.05) is 25.5 Å². The predicted molar refractivity (Wildman–Crippen MR) is 105 cm³/mol. The molecule has 26 heavy (non-hydrogen) atoms. The van der Waals surface area contributed by atoms with Gasteiger partial charge in [0.25, 0.3) is 5.91 Å². The molecule has 4 heteroatoms. The van der Waals surface area contributed by atoms with Crippen LogP contribution in [0.3, 0.4) is 0 Å². The lowest BCUT2D eigenvalue weighted by molar-refractivity contribution is 0.0731. The number of ether oxygens (including phenoxy) is 1. The van der Waals surface area contributed by atoms with E-state index in [0.29, 0.717) is 6.54 Å². The van der Waals surface area contributed by atoms with E-state index in [4.69, 9.17) is 4.74 Å². The number of hydrogen-bond donors (Lipinski definition) is 1. The third kappa shape index (κ3) is 3.07. The van der Waals surface area contributed by atoms with Gasteiger partial charge in [-0.25, -0.2) is 0 Å². The number of carbonyl (C=O) groups is 1. The first-order valence-corrected chi connectivity index (χ1v) is 9.24. The molecule has 1 fully saturated rings. The van der Waals surface area contributed by atoms with Gasteiger partial charge in [-0.3, -0.25) is 4.79 Å². The van der Waals surface area contributed by atoms with Crippen LogP contribution in [0.15, 0.2) is 54.6 Å². The summed E-state index contributed by atoms with van der Waals surface area (Å²) in [4.78, 5) is 15.0. The zero-order valence-electron chi connectivity index (χ0n) is 15.1. The lowest BCUT2D eigenvalue weighted by Crippen LogP contribution is -2.38. The average Bonchev–Trinajstić information content (AvgIpc) is 2.90. The summed E-state index contributed by atoms with van der Waals surface area (Å²) in [5.41, 5.74) is 2.43. The molecule has 1 spiro atoms. The van der Waals surface area contributed by atoms with Crippen LogP contribution in [0.4, 0.5) is 5.69 Å². The van der Waals surface area contributed by atoms with E-state index < -0.39 is 0 Å². The molecule has 1 N–H and O–H groups in total. The molecule has 1 atom stereocenters. The summed E-state index contributed by atoms with van der Waals surface area (Å²) in [6, 6.07) is 15.8. The zero-order valence-corrected chi connectivity index (χ0v) is 15.1. The van der Waals surface area contributed by atoms with Crippen molar-refractivity contribution in [2.45, 2.75) is 24.9 Å². The standard InChI is InChI=1S/C22H24N2O2/c1-23-19-9-4-3-8-18(19)21(25)24-15-6-12-22(14-16-24)13-11-17-7-2-5-10-20(17)26-22/h2-5,7-11,13,23H,6,12,14-16H2,1H3/t22-/m0/s1. The number of carbonyl (C=O) groups excluding carboxylic acids is 1. The maximum absolute atomic E-state index is 13.0. The SMILES string of the molecule is CNc1ccccc1C(=O)N1CCC[C@]2(C=Cc3ccccc3O2)CC1. The fraction of sp³-hybridized carbons (Fsp3) is 0.318. The molecular weight excluding hydrogens is 324 g/mol. The van der Waals surface area contributed by atoms with Gasteiger partial charge in [0.2, 0.25) is 0 Å². The van der Waals surface area contributed by atoms with Crippen molar-refractivity contribution < 1.29 is 9.53 Å². The highest BCUT2D eigenvalue weighted by Crippen LogP contribution is 2.37. The minimum absolute atomic E-state index is 0.0900. The van der Waals surface area contributed by atoms with Crippen LogP contribution in [-0.2, 0) is 0 Å². The Morgan fingerprint density at radius 1 is 1.08 bits per heavy atom. The highest BCUT2D eigenvalue weighted by Gasteiger charge is 2.36. The van der Waals surface area contributed by atoms with Crippen LogP contribution in [0.5, 0.6) is 5.75 Å². The number of rotatable bonds is 2. The van der Waals surface area contributed by atoms with Crippen molar-refractivity contribution in [1.29, 1.82) is 0 Å². The van der Waals surface area contributed by atoms with E-state index in [-0.39, 0.29) is 11.5 Å². The van der Waals surface area contributed by atoms with Gasteiger partial charge < -0.3 is 15.0 Å². The number of nitrogens with one attached hydrogen (secondary N) is 1. The second-order valence-electron chi connectivity index (χ2n) is 6.98. The van der Waals surface area contributed by atoms with Crippen molar-refractivity contribution >= 4 is 17.7 Å². The quantitative estimate of drug-likeness (QED) is 0.884. The molecule has 134 valence electrons. The van der Waals surface area contributed by atoms with Gasteiger partial charge in [-0.05, 0) is 37.1 Å². The van der Waals surface area contributed by atoms with E-state index in [2.05, 4.69) is 23.5 Å². The van der Waals surface area contributed by atoms with Crippen LogP contribution in [0.1, 0.15) is 35.2 Å². The smallest absolute Gasteiger partial charge is 0.255 e. The Kier molecular flexibility index (Phi) is 4.41. The molecule has 2 aliphatic heterocycles. The fourth-order valence-electron chi connectivity index (χ4n) is 3.87. The summed E-state index contributed by atoms with van der Waals surface area (Å²) in [7, 11) is 1.85. The first-order valence-electron chi connectivity index (χ1n) is 9.24. The molecule has 0 unspecified atom stereocenters. The Morgan fingerprint density at radius 2 is 1.88 bits per heavy atom. The molecule has 0 radical (unpaired) electrons. The number of benzene rings is 2. The van der Waals surface area contributed by atoms with Crippen LogP contribution in [0.25, 0.3) is 6.08 Å². The Morgan fingerprint density at radius 3 is 2.77 bits per heavy atom. The summed E-state index contributed by atoms with van der Waals surface area (Å²) in [5.74, 6) is 1.03. The van der Waals surface area contributed by atoms with Crippen molar-refractivity contribution in [2.24, 2.45) is 0 Å². The number of nitrogens with zero attached hydrogens (tertiary/aromatic N) is 1. The second kappa shape index (κ2) is 6.87. The number of anilines is 1. The molecule has 0 saturated carbocycles. The third-order valence-corrected chi connectivity index (χ3v) is 5.35. The van der Waals surface area contributed by atoms with E-state index in [1.165, 1.54) is 0 Å². The maximum atomic E-state index is 13.0. The van der Waals surface area contributed by atoms with Gasteiger partial charge in [-0.1, -0.05) is 36.4 Å². The summed E-state index contributed by atoms with van der Waals surface area (Å²) in [6.45, 7) is 1.46. The fourth-order valence-corrected chi connectivity index (χ4v) is 3.87. The number of amides is 1. The number of hydrogen-bond acceptors (Lipinski definition) is 3. The Labute approximate surface area is 154 Å². The molecule has 1 amide bonds. The molecule has 2 aliphatic rings. The lowest BCUT2D eigenvalue weighted by Gasteiger charge is -2.34. The summed E-state index contributed by atoms with van der Waals surface area (Å²) < 4.78 is 6.38. The Balaban J connectivity index is 1.52. The van der Waals surface area contributed by atoms with Crippen molar-refractivity contribution in [3.63, 3.8) is 0 Å². The van der Waals surface area contributed by atoms with Crippen LogP contribution in [-0.4, -0.2) is 36.5 Å². The molecule has 2 aromatic rings. The van der Waals surface area contributed by atoms with Crippen molar-refractivity contribution in [1.82, 2.24) is 4.90 Å². The van der Waals surface area contributed by atoms with E-state index in [1.807, 2.05) is 54.4 Å². The normalized spacial score (nSPS) is 21.7. The van der Waals surface area contributed by atoms with Gasteiger partial charge in [0.15, 0.2) is 0 Å². The highest BCUT2D eigenvalue weighted by atomic mass is 16.5. The molecule has 0 aliphatic carbocycles. The number of fused-ring (bicyclic) bond motifs is 1. The highest BCUT2D eigenvalue weighted by molar-refractivity contribution is 5.99. The molecular formula is C22H24N2O2. The lowest BCUT2D eigenvalue weighted by atomic mass is 9.91. The van der Waals surface area contributed by atoms with Crippen LogP contribution >= 0.6 is 0 Å². The molecule has 0 bridgehead atoms. The summed E-state index contributed by atoms with van der Waals surface area (Å²) >= 11 is 0. The maximum Gasteiger partial charge on any atom is 0.255 e. The van der Waals surface area contributed by atoms with E-state index >= 15 is 0 Å². The van der Waals surface area contributed by atoms with Crippen molar-refractivity contribution in [3.8, 4) is 5.75 Å². The molecule has 2 heterocycles. The van der Waals surface area contributed by atoms with Crippen LogP contribution < -0.4 is 10.1 Å². The molecule has 1 saturated heterocycles. The first-order chi connectivity index (χ1) is 12.7. The van der Waals surface area contributed by atoms with Gasteiger partial charge in [0.1, 0.15) is 11.4 Å². The Hall–Kier alpha value is -2.75. The molecule has 4 nitrogen and oxygen atoms in total. The first kappa shape index (κ1) is 16.7. The van der Waals surface area contributed by atoms with E-state index in [0.717, 1.165) is 48.4 Å². The van der Waals surface area contributed by atoms with Crippen LogP contribution in [0, 0.1) is 0 Å². The second-order valence-corrected chi connectivity index (χ2v) is 6.98. The van der Waals surface area contributed by atoms with Gasteiger partial charge in [0, 0.05) is 37.8 Å². The largest absolute Gasteiger partial charge is 0.483 e. The predicted octanol–water partition coefficient (Wildman–Crippen LogP) is 4.20. The van der Waals surface area contributed by atoms with Gasteiger partial charge in [0.05, 0.1) is 5.56 Å². The van der Waals surface area contributed by atoms with E-state index in [1.54, 1.807) is 0 Å². The summed E-state index contributed by atoms with van der Waals surface area (Å²) in [5, 5.41) is 3.12. The van der Waals surface area contributed by atoms with Gasteiger partial charge in [-0.2, -0.15) is 0 Å². The molecule has 4 rings (SSSR count). The molecule has 0 aromatic heterocycles.